The zero-order valence-electron chi connectivity index (χ0n) is 15.6. The molecule has 1 aromatic carbocycles. The predicted molar refractivity (Wildman–Crippen MR) is 105 cm³/mol. The Morgan fingerprint density at radius 1 is 1.19 bits per heavy atom. The van der Waals surface area contributed by atoms with Gasteiger partial charge in [0.2, 0.25) is 11.8 Å². The summed E-state index contributed by atoms with van der Waals surface area (Å²) in [6, 6.07) is 7.85. The molecule has 1 aliphatic heterocycles. The Morgan fingerprint density at radius 3 is 2.67 bits per heavy atom. The highest BCUT2D eigenvalue weighted by molar-refractivity contribution is 7.09. The van der Waals surface area contributed by atoms with Crippen molar-refractivity contribution in [3.05, 3.63) is 45.9 Å². The quantitative estimate of drug-likeness (QED) is 0.793. The van der Waals surface area contributed by atoms with E-state index in [0.717, 1.165) is 36.7 Å². The van der Waals surface area contributed by atoms with Gasteiger partial charge in [0.25, 0.3) is 0 Å². The first-order chi connectivity index (χ1) is 13.1. The second-order valence-electron chi connectivity index (χ2n) is 6.73. The molecule has 7 heteroatoms. The molecule has 1 saturated heterocycles. The monoisotopic (exact) mass is 387 g/mol. The van der Waals surface area contributed by atoms with Gasteiger partial charge in [-0.3, -0.25) is 9.59 Å². The minimum absolute atomic E-state index is 0.00600. The SMILES string of the molecule is Cc1ccc(OCc2nc(CC(=O)NCC(=O)N3CCCCC3)cs2)cc1. The van der Waals surface area contributed by atoms with Crippen LogP contribution in [-0.2, 0) is 22.6 Å². The molecule has 2 amide bonds. The van der Waals surface area contributed by atoms with Crippen molar-refractivity contribution in [2.45, 2.75) is 39.2 Å². The van der Waals surface area contributed by atoms with Gasteiger partial charge in [0, 0.05) is 18.5 Å². The number of ether oxygens (including phenoxy) is 1. The average Bonchev–Trinajstić information content (AvgIpc) is 3.13. The topological polar surface area (TPSA) is 71.5 Å². The van der Waals surface area contributed by atoms with E-state index in [-0.39, 0.29) is 24.8 Å². The number of hydrogen-bond donors (Lipinski definition) is 1. The van der Waals surface area contributed by atoms with Crippen LogP contribution in [0.15, 0.2) is 29.6 Å². The summed E-state index contributed by atoms with van der Waals surface area (Å²) >= 11 is 1.47. The number of aryl methyl sites for hydroxylation is 1. The van der Waals surface area contributed by atoms with Crippen LogP contribution >= 0.6 is 11.3 Å². The normalized spacial score (nSPS) is 14.0. The fourth-order valence-corrected chi connectivity index (χ4v) is 3.64. The molecular weight excluding hydrogens is 362 g/mol. The molecule has 1 N–H and O–H groups in total. The van der Waals surface area contributed by atoms with Gasteiger partial charge >= 0.3 is 0 Å². The lowest BCUT2D eigenvalue weighted by atomic mass is 10.1. The molecular formula is C20H25N3O3S. The average molecular weight is 388 g/mol. The Kier molecular flexibility index (Phi) is 6.81. The molecule has 0 unspecified atom stereocenters. The molecule has 1 aromatic heterocycles. The fraction of sp³-hybridized carbons (Fsp3) is 0.450. The maximum atomic E-state index is 12.1. The van der Waals surface area contributed by atoms with Crippen LogP contribution < -0.4 is 10.1 Å². The number of amides is 2. The zero-order chi connectivity index (χ0) is 19.1. The molecule has 6 nitrogen and oxygen atoms in total. The van der Waals surface area contributed by atoms with Gasteiger partial charge in [0.15, 0.2) is 0 Å². The molecule has 0 saturated carbocycles. The van der Waals surface area contributed by atoms with Gasteiger partial charge in [-0.25, -0.2) is 4.98 Å². The highest BCUT2D eigenvalue weighted by Gasteiger charge is 2.17. The predicted octanol–water partition coefficient (Wildman–Crippen LogP) is 2.70. The lowest BCUT2D eigenvalue weighted by Gasteiger charge is -2.26. The Hall–Kier alpha value is -2.41. The maximum Gasteiger partial charge on any atom is 0.241 e. The number of carbonyl (C=O) groups excluding carboxylic acids is 2. The third kappa shape index (κ3) is 6.06. The zero-order valence-corrected chi connectivity index (χ0v) is 16.4. The summed E-state index contributed by atoms with van der Waals surface area (Å²) in [6.07, 6.45) is 3.45. The van der Waals surface area contributed by atoms with E-state index in [1.165, 1.54) is 23.3 Å². The van der Waals surface area contributed by atoms with Crippen molar-refractivity contribution in [1.82, 2.24) is 15.2 Å². The van der Waals surface area contributed by atoms with Crippen molar-refractivity contribution in [1.29, 1.82) is 0 Å². The lowest BCUT2D eigenvalue weighted by molar-refractivity contribution is -0.133. The molecule has 27 heavy (non-hydrogen) atoms. The number of benzene rings is 1. The first-order valence-corrected chi connectivity index (χ1v) is 10.2. The number of aromatic nitrogens is 1. The Balaban J connectivity index is 1.40. The van der Waals surface area contributed by atoms with Gasteiger partial charge in [-0.1, -0.05) is 17.7 Å². The number of likely N-dealkylation sites (tertiary alicyclic amines) is 1. The second-order valence-corrected chi connectivity index (χ2v) is 7.67. The minimum Gasteiger partial charge on any atom is -0.486 e. The van der Waals surface area contributed by atoms with E-state index in [4.69, 9.17) is 4.74 Å². The van der Waals surface area contributed by atoms with Crippen LogP contribution in [0, 0.1) is 6.92 Å². The highest BCUT2D eigenvalue weighted by Crippen LogP contribution is 2.16. The first-order valence-electron chi connectivity index (χ1n) is 9.27. The number of carbonyl (C=O) groups is 2. The molecule has 144 valence electrons. The molecule has 0 spiro atoms. The third-order valence-electron chi connectivity index (χ3n) is 4.47. The molecule has 1 aliphatic rings. The largest absolute Gasteiger partial charge is 0.486 e. The molecule has 0 radical (unpaired) electrons. The van der Waals surface area contributed by atoms with Gasteiger partial charge in [-0.15, -0.1) is 11.3 Å². The minimum atomic E-state index is -0.184. The number of hydrogen-bond acceptors (Lipinski definition) is 5. The Morgan fingerprint density at radius 2 is 1.93 bits per heavy atom. The van der Waals surface area contributed by atoms with E-state index in [2.05, 4.69) is 10.3 Å². The molecule has 0 atom stereocenters. The van der Waals surface area contributed by atoms with Crippen LogP contribution in [0.25, 0.3) is 0 Å². The highest BCUT2D eigenvalue weighted by atomic mass is 32.1. The lowest BCUT2D eigenvalue weighted by Crippen LogP contribution is -2.42. The third-order valence-corrected chi connectivity index (χ3v) is 5.34. The van der Waals surface area contributed by atoms with Gasteiger partial charge in [-0.2, -0.15) is 0 Å². The maximum absolute atomic E-state index is 12.1. The van der Waals surface area contributed by atoms with E-state index in [1.54, 1.807) is 0 Å². The van der Waals surface area contributed by atoms with E-state index < -0.39 is 0 Å². The van der Waals surface area contributed by atoms with E-state index in [0.29, 0.717) is 12.3 Å². The summed E-state index contributed by atoms with van der Waals surface area (Å²) in [4.78, 5) is 30.4. The second kappa shape index (κ2) is 9.50. The number of piperidine rings is 1. The van der Waals surface area contributed by atoms with Gasteiger partial charge < -0.3 is 15.0 Å². The van der Waals surface area contributed by atoms with Gasteiger partial charge in [0.05, 0.1) is 18.7 Å². The summed E-state index contributed by atoms with van der Waals surface area (Å²) < 4.78 is 5.71. The summed E-state index contributed by atoms with van der Waals surface area (Å²) in [5, 5.41) is 5.39. The summed E-state index contributed by atoms with van der Waals surface area (Å²) in [6.45, 7) is 4.06. The van der Waals surface area contributed by atoms with Crippen molar-refractivity contribution < 1.29 is 14.3 Å². The number of nitrogens with zero attached hydrogens (tertiary/aromatic N) is 2. The molecule has 1 fully saturated rings. The fourth-order valence-electron chi connectivity index (χ4n) is 2.93. The van der Waals surface area contributed by atoms with Crippen LogP contribution in [0.3, 0.4) is 0 Å². The molecule has 0 aliphatic carbocycles. The molecule has 2 aromatic rings. The van der Waals surface area contributed by atoms with Crippen LogP contribution in [0.4, 0.5) is 0 Å². The first kappa shape index (κ1) is 19.4. The summed E-state index contributed by atoms with van der Waals surface area (Å²) in [5.41, 5.74) is 1.88. The number of thiazole rings is 1. The van der Waals surface area contributed by atoms with Crippen molar-refractivity contribution >= 4 is 23.2 Å². The van der Waals surface area contributed by atoms with Crippen molar-refractivity contribution in [3.8, 4) is 5.75 Å². The Labute approximate surface area is 163 Å². The van der Waals surface area contributed by atoms with Gasteiger partial charge in [0.1, 0.15) is 17.4 Å². The standard InChI is InChI=1S/C20H25N3O3S/c1-15-5-7-17(8-6-15)26-13-19-22-16(14-27-19)11-18(24)21-12-20(25)23-9-3-2-4-10-23/h5-8,14H,2-4,9-13H2,1H3,(H,21,24). The van der Waals surface area contributed by atoms with Crippen LogP contribution in [-0.4, -0.2) is 41.3 Å². The number of rotatable bonds is 7. The molecule has 2 heterocycles. The van der Waals surface area contributed by atoms with Crippen molar-refractivity contribution in [2.75, 3.05) is 19.6 Å². The van der Waals surface area contributed by atoms with Crippen molar-refractivity contribution in [2.24, 2.45) is 0 Å². The summed E-state index contributed by atoms with van der Waals surface area (Å²) in [7, 11) is 0. The van der Waals surface area contributed by atoms with E-state index >= 15 is 0 Å². The molecule has 3 rings (SSSR count). The Bertz CT molecular complexity index is 767. The molecule has 0 bridgehead atoms. The van der Waals surface area contributed by atoms with Crippen LogP contribution in [0.5, 0.6) is 5.75 Å². The summed E-state index contributed by atoms with van der Waals surface area (Å²) in [5.74, 6) is 0.608. The van der Waals surface area contributed by atoms with Crippen molar-refractivity contribution in [3.63, 3.8) is 0 Å². The smallest absolute Gasteiger partial charge is 0.241 e. The number of nitrogens with one attached hydrogen (secondary N) is 1. The van der Waals surface area contributed by atoms with E-state index in [9.17, 15) is 9.59 Å². The van der Waals surface area contributed by atoms with Crippen LogP contribution in [0.2, 0.25) is 0 Å². The van der Waals surface area contributed by atoms with E-state index in [1.807, 2.05) is 41.5 Å². The van der Waals surface area contributed by atoms with Gasteiger partial charge in [-0.05, 0) is 38.3 Å². The van der Waals surface area contributed by atoms with Crippen LogP contribution in [0.1, 0.15) is 35.5 Å².